The molecule has 0 N–H and O–H groups in total. The predicted molar refractivity (Wildman–Crippen MR) is 117 cm³/mol. The van der Waals surface area contributed by atoms with Gasteiger partial charge in [-0.25, -0.2) is 4.68 Å². The molecule has 1 unspecified atom stereocenters. The summed E-state index contributed by atoms with van der Waals surface area (Å²) in [5.74, 6) is 0.254. The third kappa shape index (κ3) is 4.83. The van der Waals surface area contributed by atoms with Crippen molar-refractivity contribution >= 4 is 17.7 Å². The SMILES string of the molecule is O=C1CC2S/C(=C\Cn3cc(CN(Cc4ccccn4)Cc4ccccn4)nn3)CN12. The molecular weight excluding hydrogens is 410 g/mol. The number of fused-ring (bicyclic) bond motifs is 1. The number of amides is 1. The highest BCUT2D eigenvalue weighted by Crippen LogP contribution is 2.41. The van der Waals surface area contributed by atoms with E-state index < -0.39 is 0 Å². The summed E-state index contributed by atoms with van der Waals surface area (Å²) in [7, 11) is 0. The molecule has 1 amide bonds. The maximum Gasteiger partial charge on any atom is 0.226 e. The van der Waals surface area contributed by atoms with Gasteiger partial charge in [-0.1, -0.05) is 23.4 Å². The largest absolute Gasteiger partial charge is 0.325 e. The Morgan fingerprint density at radius 1 is 1.03 bits per heavy atom. The smallest absolute Gasteiger partial charge is 0.226 e. The van der Waals surface area contributed by atoms with Crippen molar-refractivity contribution in [3.05, 3.63) is 83.1 Å². The maximum atomic E-state index is 11.5. The molecule has 0 spiro atoms. The monoisotopic (exact) mass is 433 g/mol. The van der Waals surface area contributed by atoms with Gasteiger partial charge in [-0.3, -0.25) is 19.7 Å². The second kappa shape index (κ2) is 8.99. The fourth-order valence-electron chi connectivity index (χ4n) is 3.75. The van der Waals surface area contributed by atoms with E-state index in [1.54, 1.807) is 11.8 Å². The summed E-state index contributed by atoms with van der Waals surface area (Å²) in [6, 6.07) is 11.9. The summed E-state index contributed by atoms with van der Waals surface area (Å²) in [5.41, 5.74) is 2.92. The molecule has 9 heteroatoms. The van der Waals surface area contributed by atoms with Crippen LogP contribution in [0.4, 0.5) is 0 Å². The van der Waals surface area contributed by atoms with Gasteiger partial charge in [-0.15, -0.1) is 16.9 Å². The number of thioether (sulfide) groups is 1. The highest BCUT2D eigenvalue weighted by Gasteiger charge is 2.42. The van der Waals surface area contributed by atoms with E-state index in [2.05, 4.69) is 31.3 Å². The van der Waals surface area contributed by atoms with E-state index in [1.165, 1.54) is 4.91 Å². The lowest BCUT2D eigenvalue weighted by molar-refractivity contribution is -0.140. The number of carbonyl (C=O) groups excluding carboxylic acids is 1. The number of hydrogen-bond donors (Lipinski definition) is 0. The van der Waals surface area contributed by atoms with Gasteiger partial charge >= 0.3 is 0 Å². The maximum absolute atomic E-state index is 11.5. The number of hydrogen-bond acceptors (Lipinski definition) is 7. The van der Waals surface area contributed by atoms with E-state index in [0.29, 0.717) is 38.0 Å². The van der Waals surface area contributed by atoms with Gasteiger partial charge in [0.15, 0.2) is 0 Å². The number of carbonyl (C=O) groups is 1. The molecular formula is C22H23N7OS. The molecule has 31 heavy (non-hydrogen) atoms. The van der Waals surface area contributed by atoms with Gasteiger partial charge in [-0.2, -0.15) is 0 Å². The van der Waals surface area contributed by atoms with Gasteiger partial charge in [0, 0.05) is 36.9 Å². The molecule has 3 aromatic rings. The zero-order valence-electron chi connectivity index (χ0n) is 17.0. The minimum Gasteiger partial charge on any atom is -0.325 e. The van der Waals surface area contributed by atoms with Gasteiger partial charge < -0.3 is 4.90 Å². The minimum absolute atomic E-state index is 0.254. The van der Waals surface area contributed by atoms with Gasteiger partial charge in [-0.05, 0) is 24.3 Å². The first kappa shape index (κ1) is 19.9. The molecule has 5 heterocycles. The topological polar surface area (TPSA) is 80.0 Å². The van der Waals surface area contributed by atoms with E-state index in [-0.39, 0.29) is 5.91 Å². The van der Waals surface area contributed by atoms with Crippen LogP contribution in [-0.2, 0) is 31.0 Å². The van der Waals surface area contributed by atoms with Crippen molar-refractivity contribution in [3.8, 4) is 0 Å². The molecule has 158 valence electrons. The molecule has 8 nitrogen and oxygen atoms in total. The average Bonchev–Trinajstić information content (AvgIpc) is 3.37. The quantitative estimate of drug-likeness (QED) is 0.505. The summed E-state index contributed by atoms with van der Waals surface area (Å²) in [4.78, 5) is 25.9. The fourth-order valence-corrected chi connectivity index (χ4v) is 5.03. The Bertz CT molecular complexity index is 1030. The first-order chi connectivity index (χ1) is 15.2. The van der Waals surface area contributed by atoms with Crippen molar-refractivity contribution in [1.82, 2.24) is 34.8 Å². The van der Waals surface area contributed by atoms with E-state index in [4.69, 9.17) is 0 Å². The molecule has 2 aliphatic heterocycles. The van der Waals surface area contributed by atoms with Crippen LogP contribution >= 0.6 is 11.8 Å². The Morgan fingerprint density at radius 3 is 2.35 bits per heavy atom. The second-order valence-electron chi connectivity index (χ2n) is 7.69. The molecule has 0 saturated carbocycles. The van der Waals surface area contributed by atoms with Crippen LogP contribution in [0, 0.1) is 0 Å². The van der Waals surface area contributed by atoms with Crippen molar-refractivity contribution in [3.63, 3.8) is 0 Å². The first-order valence-electron chi connectivity index (χ1n) is 10.3. The molecule has 2 aliphatic rings. The van der Waals surface area contributed by atoms with Crippen molar-refractivity contribution in [1.29, 1.82) is 0 Å². The van der Waals surface area contributed by atoms with Gasteiger partial charge in [0.1, 0.15) is 0 Å². The van der Waals surface area contributed by atoms with Crippen LogP contribution in [0.15, 0.2) is 66.0 Å². The molecule has 2 fully saturated rings. The highest BCUT2D eigenvalue weighted by atomic mass is 32.2. The number of allylic oxidation sites excluding steroid dienone is 1. The summed E-state index contributed by atoms with van der Waals surface area (Å²) >= 11 is 1.79. The lowest BCUT2D eigenvalue weighted by Gasteiger charge is -2.32. The average molecular weight is 434 g/mol. The number of rotatable bonds is 8. The van der Waals surface area contributed by atoms with Crippen LogP contribution in [0.25, 0.3) is 0 Å². The summed E-state index contributed by atoms with van der Waals surface area (Å²) in [6.45, 7) is 3.46. The van der Waals surface area contributed by atoms with E-state index in [1.807, 2.05) is 64.6 Å². The molecule has 0 aliphatic carbocycles. The molecule has 0 aromatic carbocycles. The van der Waals surface area contributed by atoms with Crippen LogP contribution in [0.1, 0.15) is 23.5 Å². The van der Waals surface area contributed by atoms with Gasteiger partial charge in [0.2, 0.25) is 5.91 Å². The van der Waals surface area contributed by atoms with Crippen molar-refractivity contribution in [2.75, 3.05) is 6.54 Å². The Balaban J connectivity index is 1.23. The van der Waals surface area contributed by atoms with Gasteiger partial charge in [0.25, 0.3) is 0 Å². The van der Waals surface area contributed by atoms with E-state index in [9.17, 15) is 4.79 Å². The number of nitrogens with zero attached hydrogens (tertiary/aromatic N) is 7. The Labute approximate surface area is 185 Å². The number of β-lactam (4-membered cyclic amide) rings is 1. The molecule has 0 radical (unpaired) electrons. The zero-order valence-corrected chi connectivity index (χ0v) is 17.9. The second-order valence-corrected chi connectivity index (χ2v) is 8.99. The Kier molecular flexibility index (Phi) is 5.77. The fraction of sp³-hybridized carbons (Fsp3) is 0.318. The standard InChI is InChI=1S/C22H23N7OS/c30-21-11-22-29(21)16-20(31-22)7-10-28-15-19(25-26-28)14-27(12-17-5-1-3-8-23-17)13-18-6-2-4-9-24-18/h1-9,15,22H,10-14,16H2/b20-7-. The van der Waals surface area contributed by atoms with Crippen LogP contribution in [0.2, 0.25) is 0 Å². The summed E-state index contributed by atoms with van der Waals surface area (Å²) in [5, 5.41) is 9.00. The Morgan fingerprint density at radius 2 is 1.74 bits per heavy atom. The highest BCUT2D eigenvalue weighted by molar-refractivity contribution is 8.04. The third-order valence-electron chi connectivity index (χ3n) is 5.33. The molecule has 1 atom stereocenters. The number of aromatic nitrogens is 5. The van der Waals surface area contributed by atoms with Crippen LogP contribution in [-0.4, -0.2) is 52.6 Å². The normalized spacial score (nSPS) is 19.1. The van der Waals surface area contributed by atoms with Crippen LogP contribution < -0.4 is 0 Å². The summed E-state index contributed by atoms with van der Waals surface area (Å²) in [6.07, 6.45) is 8.43. The third-order valence-corrected chi connectivity index (χ3v) is 6.62. The Hall–Kier alpha value is -3.04. The molecule has 2 saturated heterocycles. The molecule has 3 aromatic heterocycles. The van der Waals surface area contributed by atoms with Crippen molar-refractivity contribution in [2.24, 2.45) is 0 Å². The van der Waals surface area contributed by atoms with Crippen LogP contribution in [0.5, 0.6) is 0 Å². The van der Waals surface area contributed by atoms with Crippen LogP contribution in [0.3, 0.4) is 0 Å². The lowest BCUT2D eigenvalue weighted by atomic mass is 10.2. The zero-order chi connectivity index (χ0) is 21.0. The van der Waals surface area contributed by atoms with E-state index in [0.717, 1.165) is 23.6 Å². The van der Waals surface area contributed by atoms with Crippen molar-refractivity contribution < 1.29 is 4.79 Å². The van der Waals surface area contributed by atoms with Gasteiger partial charge in [0.05, 0.1) is 48.2 Å². The first-order valence-corrected chi connectivity index (χ1v) is 11.2. The predicted octanol–water partition coefficient (Wildman–Crippen LogP) is 2.46. The number of pyridine rings is 2. The molecule has 0 bridgehead atoms. The van der Waals surface area contributed by atoms with E-state index >= 15 is 0 Å². The lowest BCUT2D eigenvalue weighted by Crippen LogP contribution is -2.46. The minimum atomic E-state index is 0.254. The summed E-state index contributed by atoms with van der Waals surface area (Å²) < 4.78 is 1.85. The molecule has 5 rings (SSSR count). The van der Waals surface area contributed by atoms with Crippen molar-refractivity contribution in [2.45, 2.75) is 38.0 Å².